The molecule has 106 valence electrons. The Morgan fingerprint density at radius 3 is 2.95 bits per heavy atom. The van der Waals surface area contributed by atoms with Gasteiger partial charge >= 0.3 is 0 Å². The van der Waals surface area contributed by atoms with E-state index in [-0.39, 0.29) is 5.92 Å². The molecule has 4 heteroatoms. The zero-order chi connectivity index (χ0) is 13.9. The normalized spacial score (nSPS) is 20.4. The summed E-state index contributed by atoms with van der Waals surface area (Å²) >= 11 is 1.82. The van der Waals surface area contributed by atoms with Gasteiger partial charge in [0.15, 0.2) is 0 Å². The first-order valence-corrected chi connectivity index (χ1v) is 8.15. The van der Waals surface area contributed by atoms with Gasteiger partial charge in [0.2, 0.25) is 5.91 Å². The van der Waals surface area contributed by atoms with Crippen molar-refractivity contribution >= 4 is 17.2 Å². The van der Waals surface area contributed by atoms with Gasteiger partial charge in [0.1, 0.15) is 0 Å². The molecule has 3 rings (SSSR count). The van der Waals surface area contributed by atoms with E-state index in [0.717, 1.165) is 45.4 Å². The van der Waals surface area contributed by atoms with Gasteiger partial charge in [0.25, 0.3) is 0 Å². The van der Waals surface area contributed by atoms with E-state index < -0.39 is 0 Å². The van der Waals surface area contributed by atoms with E-state index in [1.165, 1.54) is 10.4 Å². The fourth-order valence-electron chi connectivity index (χ4n) is 3.16. The van der Waals surface area contributed by atoms with Gasteiger partial charge in [-0.2, -0.15) is 0 Å². The molecule has 0 N–H and O–H groups in total. The molecule has 0 unspecified atom stereocenters. The summed E-state index contributed by atoms with van der Waals surface area (Å²) in [7, 11) is 0. The summed E-state index contributed by atoms with van der Waals surface area (Å²) in [6.07, 6.45) is 8.27. The average molecular weight is 288 g/mol. The summed E-state index contributed by atoms with van der Waals surface area (Å²) in [5.74, 6) is 3.23. The van der Waals surface area contributed by atoms with Crippen LogP contribution in [0.2, 0.25) is 0 Å². The van der Waals surface area contributed by atoms with Crippen molar-refractivity contribution in [3.05, 3.63) is 21.9 Å². The van der Waals surface area contributed by atoms with Crippen LogP contribution in [0.25, 0.3) is 0 Å². The van der Waals surface area contributed by atoms with Gasteiger partial charge in [-0.15, -0.1) is 17.8 Å². The minimum absolute atomic E-state index is 0.198. The van der Waals surface area contributed by atoms with Crippen molar-refractivity contribution in [2.45, 2.75) is 25.8 Å². The summed E-state index contributed by atoms with van der Waals surface area (Å²) in [6, 6.07) is 2.16. The molecule has 3 heterocycles. The highest BCUT2D eigenvalue weighted by atomic mass is 32.1. The third kappa shape index (κ3) is 2.74. The standard InChI is InChI=1S/C16H20N2OS/c1-2-7-17-8-3-13(4-9-17)16(19)18-10-5-15-14(12-18)6-11-20-15/h1,6,11,13H,3-5,7-10,12H2. The van der Waals surface area contributed by atoms with Crippen LogP contribution >= 0.6 is 11.3 Å². The van der Waals surface area contributed by atoms with Gasteiger partial charge < -0.3 is 4.90 Å². The van der Waals surface area contributed by atoms with Crippen LogP contribution in [0.1, 0.15) is 23.3 Å². The van der Waals surface area contributed by atoms with Crippen molar-refractivity contribution < 1.29 is 4.79 Å². The summed E-state index contributed by atoms with van der Waals surface area (Å²) in [5, 5.41) is 2.14. The molecule has 1 saturated heterocycles. The number of amides is 1. The van der Waals surface area contributed by atoms with Gasteiger partial charge in [0, 0.05) is 23.9 Å². The lowest BCUT2D eigenvalue weighted by molar-refractivity contribution is -0.138. The fraction of sp³-hybridized carbons (Fsp3) is 0.562. The first kappa shape index (κ1) is 13.7. The van der Waals surface area contributed by atoms with Crippen molar-refractivity contribution in [1.82, 2.24) is 9.80 Å². The van der Waals surface area contributed by atoms with Crippen LogP contribution in [-0.2, 0) is 17.8 Å². The SMILES string of the molecule is C#CCN1CCC(C(=O)N2CCc3sccc3C2)CC1. The van der Waals surface area contributed by atoms with E-state index in [9.17, 15) is 4.79 Å². The monoisotopic (exact) mass is 288 g/mol. The Hall–Kier alpha value is -1.31. The number of fused-ring (bicyclic) bond motifs is 1. The number of carbonyl (C=O) groups is 1. The number of terminal acetylenes is 1. The highest BCUT2D eigenvalue weighted by Crippen LogP contribution is 2.27. The number of likely N-dealkylation sites (tertiary alicyclic amines) is 1. The van der Waals surface area contributed by atoms with E-state index in [0.29, 0.717) is 12.5 Å². The first-order chi connectivity index (χ1) is 9.78. The fourth-order valence-corrected chi connectivity index (χ4v) is 4.05. The summed E-state index contributed by atoms with van der Waals surface area (Å²) in [6.45, 7) is 4.32. The third-order valence-electron chi connectivity index (χ3n) is 4.37. The molecule has 0 aromatic carbocycles. The Bertz CT molecular complexity index is 523. The lowest BCUT2D eigenvalue weighted by atomic mass is 9.94. The molecule has 0 aliphatic carbocycles. The van der Waals surface area contributed by atoms with Crippen LogP contribution < -0.4 is 0 Å². The van der Waals surface area contributed by atoms with E-state index in [1.54, 1.807) is 0 Å². The molecule has 0 radical (unpaired) electrons. The van der Waals surface area contributed by atoms with Crippen molar-refractivity contribution in [3.63, 3.8) is 0 Å². The molecular weight excluding hydrogens is 268 g/mol. The Balaban J connectivity index is 1.57. The largest absolute Gasteiger partial charge is 0.338 e. The second kappa shape index (κ2) is 5.99. The van der Waals surface area contributed by atoms with Gasteiger partial charge in [-0.3, -0.25) is 9.69 Å². The maximum absolute atomic E-state index is 12.6. The molecule has 0 spiro atoms. The Kier molecular flexibility index (Phi) is 4.09. The van der Waals surface area contributed by atoms with Gasteiger partial charge in [-0.1, -0.05) is 5.92 Å². The zero-order valence-electron chi connectivity index (χ0n) is 11.7. The minimum atomic E-state index is 0.198. The van der Waals surface area contributed by atoms with Gasteiger partial charge in [-0.25, -0.2) is 0 Å². The lowest BCUT2D eigenvalue weighted by Crippen LogP contribution is -2.44. The maximum Gasteiger partial charge on any atom is 0.226 e. The number of carbonyl (C=O) groups excluding carboxylic acids is 1. The van der Waals surface area contributed by atoms with E-state index in [1.807, 2.05) is 11.3 Å². The molecule has 1 aromatic rings. The predicted molar refractivity (Wildman–Crippen MR) is 81.4 cm³/mol. The average Bonchev–Trinajstić information content (AvgIpc) is 2.95. The molecule has 1 aromatic heterocycles. The van der Waals surface area contributed by atoms with Crippen LogP contribution in [0.3, 0.4) is 0 Å². The molecule has 2 aliphatic heterocycles. The molecule has 0 bridgehead atoms. The van der Waals surface area contributed by atoms with Crippen LogP contribution in [0, 0.1) is 18.3 Å². The molecule has 3 nitrogen and oxygen atoms in total. The molecule has 0 atom stereocenters. The third-order valence-corrected chi connectivity index (χ3v) is 5.39. The van der Waals surface area contributed by atoms with Gasteiger partial charge in [-0.05, 0) is 49.4 Å². The Labute approximate surface area is 124 Å². The number of thiophene rings is 1. The van der Waals surface area contributed by atoms with Crippen LogP contribution in [0.4, 0.5) is 0 Å². The molecular formula is C16H20N2OS. The smallest absolute Gasteiger partial charge is 0.226 e. The summed E-state index contributed by atoms with van der Waals surface area (Å²) < 4.78 is 0. The van der Waals surface area contributed by atoms with E-state index >= 15 is 0 Å². The molecule has 2 aliphatic rings. The Morgan fingerprint density at radius 2 is 2.20 bits per heavy atom. The van der Waals surface area contributed by atoms with Crippen molar-refractivity contribution in [1.29, 1.82) is 0 Å². The Morgan fingerprint density at radius 1 is 1.40 bits per heavy atom. The van der Waals surface area contributed by atoms with Crippen LogP contribution in [-0.4, -0.2) is 41.9 Å². The quantitative estimate of drug-likeness (QED) is 0.777. The minimum Gasteiger partial charge on any atom is -0.338 e. The highest BCUT2D eigenvalue weighted by molar-refractivity contribution is 7.10. The molecule has 20 heavy (non-hydrogen) atoms. The summed E-state index contributed by atoms with van der Waals surface area (Å²) in [5.41, 5.74) is 1.35. The maximum atomic E-state index is 12.6. The number of hydrogen-bond donors (Lipinski definition) is 0. The predicted octanol–water partition coefficient (Wildman–Crippen LogP) is 1.98. The first-order valence-electron chi connectivity index (χ1n) is 7.28. The number of rotatable bonds is 2. The van der Waals surface area contributed by atoms with Crippen molar-refractivity contribution in [2.24, 2.45) is 5.92 Å². The molecule has 1 amide bonds. The van der Waals surface area contributed by atoms with Crippen LogP contribution in [0.15, 0.2) is 11.4 Å². The number of nitrogens with zero attached hydrogens (tertiary/aromatic N) is 2. The lowest BCUT2D eigenvalue weighted by Gasteiger charge is -2.35. The number of piperidine rings is 1. The van der Waals surface area contributed by atoms with E-state index in [4.69, 9.17) is 6.42 Å². The van der Waals surface area contributed by atoms with Gasteiger partial charge in [0.05, 0.1) is 6.54 Å². The molecule has 1 fully saturated rings. The number of hydrogen-bond acceptors (Lipinski definition) is 3. The highest BCUT2D eigenvalue weighted by Gasteiger charge is 2.30. The zero-order valence-corrected chi connectivity index (χ0v) is 12.5. The molecule has 0 saturated carbocycles. The van der Waals surface area contributed by atoms with Crippen molar-refractivity contribution in [3.8, 4) is 12.3 Å². The summed E-state index contributed by atoms with van der Waals surface area (Å²) in [4.78, 5) is 18.4. The second-order valence-corrected chi connectivity index (χ2v) is 6.63. The topological polar surface area (TPSA) is 23.6 Å². The van der Waals surface area contributed by atoms with E-state index in [2.05, 4.69) is 27.2 Å². The second-order valence-electron chi connectivity index (χ2n) is 5.63. The van der Waals surface area contributed by atoms with Crippen LogP contribution in [0.5, 0.6) is 0 Å². The van der Waals surface area contributed by atoms with Crippen molar-refractivity contribution in [2.75, 3.05) is 26.2 Å².